The fourth-order valence-corrected chi connectivity index (χ4v) is 5.76. The number of amides is 2. The summed E-state index contributed by atoms with van der Waals surface area (Å²) in [6.07, 6.45) is 1.80. The summed E-state index contributed by atoms with van der Waals surface area (Å²) in [6.45, 7) is 5.48. The summed E-state index contributed by atoms with van der Waals surface area (Å²) in [5, 5.41) is 1.79. The monoisotopic (exact) mass is 526 g/mol. The van der Waals surface area contributed by atoms with E-state index in [9.17, 15) is 9.59 Å². The fourth-order valence-electron chi connectivity index (χ4n) is 4.90. The predicted octanol–water partition coefficient (Wildman–Crippen LogP) is 6.13. The first-order chi connectivity index (χ1) is 18.5. The van der Waals surface area contributed by atoms with Crippen molar-refractivity contribution in [1.29, 1.82) is 0 Å². The second kappa shape index (κ2) is 9.95. The van der Waals surface area contributed by atoms with E-state index in [4.69, 9.17) is 14.2 Å². The second-order valence-corrected chi connectivity index (χ2v) is 10.1. The molecule has 2 amide bonds. The van der Waals surface area contributed by atoms with Crippen LogP contribution in [0.15, 0.2) is 71.6 Å². The number of aryl methyl sites for hydroxylation is 1. The first kappa shape index (κ1) is 24.2. The number of thioether (sulfide) groups is 1. The summed E-state index contributed by atoms with van der Waals surface area (Å²) in [7, 11) is 0. The summed E-state index contributed by atoms with van der Waals surface area (Å²) in [4.78, 5) is 27.5. The molecule has 0 saturated carbocycles. The van der Waals surface area contributed by atoms with Crippen LogP contribution in [0, 0.1) is 13.8 Å². The molecule has 1 saturated heterocycles. The van der Waals surface area contributed by atoms with Gasteiger partial charge in [0, 0.05) is 28.5 Å². The van der Waals surface area contributed by atoms with Crippen LogP contribution < -0.4 is 14.2 Å². The van der Waals surface area contributed by atoms with Crippen LogP contribution in [0.2, 0.25) is 0 Å². The van der Waals surface area contributed by atoms with Crippen LogP contribution in [-0.4, -0.2) is 47.0 Å². The zero-order valence-electron chi connectivity index (χ0n) is 21.1. The highest BCUT2D eigenvalue weighted by atomic mass is 32.2. The number of ether oxygens (including phenoxy) is 3. The molecular formula is C30H26N2O5S. The van der Waals surface area contributed by atoms with E-state index in [1.54, 1.807) is 6.08 Å². The number of nitrogens with zero attached hydrogens (tertiary/aromatic N) is 2. The van der Waals surface area contributed by atoms with Gasteiger partial charge in [-0.2, -0.15) is 0 Å². The Balaban J connectivity index is 1.18. The van der Waals surface area contributed by atoms with Gasteiger partial charge in [0.25, 0.3) is 11.1 Å². The first-order valence-corrected chi connectivity index (χ1v) is 13.3. The van der Waals surface area contributed by atoms with Crippen molar-refractivity contribution < 1.29 is 23.8 Å². The molecule has 0 radical (unpaired) electrons. The minimum absolute atomic E-state index is 0.182. The largest absolute Gasteiger partial charge is 0.491 e. The van der Waals surface area contributed by atoms with Crippen molar-refractivity contribution in [1.82, 2.24) is 9.47 Å². The maximum absolute atomic E-state index is 13.1. The molecule has 3 heterocycles. The average Bonchev–Trinajstić information content (AvgIpc) is 3.36. The number of carbonyl (C=O) groups is 2. The Morgan fingerprint density at radius 2 is 1.74 bits per heavy atom. The van der Waals surface area contributed by atoms with Crippen molar-refractivity contribution in [3.05, 3.63) is 88.6 Å². The van der Waals surface area contributed by atoms with E-state index in [2.05, 4.69) is 4.57 Å². The van der Waals surface area contributed by atoms with Gasteiger partial charge in [-0.3, -0.25) is 14.5 Å². The van der Waals surface area contributed by atoms with E-state index < -0.39 is 0 Å². The smallest absolute Gasteiger partial charge is 0.293 e. The van der Waals surface area contributed by atoms with Crippen molar-refractivity contribution in [2.45, 2.75) is 13.8 Å². The van der Waals surface area contributed by atoms with Crippen LogP contribution >= 0.6 is 11.8 Å². The minimum Gasteiger partial charge on any atom is -0.491 e. The molecule has 0 spiro atoms. The van der Waals surface area contributed by atoms with Gasteiger partial charge in [0.15, 0.2) is 11.5 Å². The molecule has 7 nitrogen and oxygen atoms in total. The lowest BCUT2D eigenvalue weighted by molar-refractivity contribution is -0.123. The van der Waals surface area contributed by atoms with Gasteiger partial charge in [-0.15, -0.1) is 0 Å². The highest BCUT2D eigenvalue weighted by molar-refractivity contribution is 8.18. The van der Waals surface area contributed by atoms with Crippen LogP contribution in [0.3, 0.4) is 0 Å². The van der Waals surface area contributed by atoms with E-state index in [1.807, 2.05) is 80.6 Å². The molecule has 0 N–H and O–H groups in total. The van der Waals surface area contributed by atoms with Gasteiger partial charge in [-0.05, 0) is 66.9 Å². The number of imide groups is 1. The molecule has 3 aromatic carbocycles. The number of hydrogen-bond acceptors (Lipinski definition) is 6. The van der Waals surface area contributed by atoms with Gasteiger partial charge in [0.2, 0.25) is 0 Å². The standard InChI is InChI=1S/C30H26N2O5S/c1-19-16-22(20(2)32(19)23-10-11-26-27(18-23)37-15-14-36-26)17-28-29(33)31(30(34)38-28)12-13-35-25-9-5-7-21-6-3-4-8-24(21)25/h3-11,16-18H,12-15H2,1-2H3/b28-17-. The van der Waals surface area contributed by atoms with E-state index in [0.717, 1.165) is 62.4 Å². The number of carbonyl (C=O) groups excluding carboxylic acids is 2. The maximum Gasteiger partial charge on any atom is 0.293 e. The lowest BCUT2D eigenvalue weighted by atomic mass is 10.1. The van der Waals surface area contributed by atoms with Gasteiger partial charge in [0.05, 0.1) is 11.4 Å². The number of aromatic nitrogens is 1. The van der Waals surface area contributed by atoms with Crippen molar-refractivity contribution >= 4 is 39.8 Å². The molecule has 38 heavy (non-hydrogen) atoms. The summed E-state index contributed by atoms with van der Waals surface area (Å²) >= 11 is 0.961. The van der Waals surface area contributed by atoms with Gasteiger partial charge < -0.3 is 18.8 Å². The van der Waals surface area contributed by atoms with Crippen molar-refractivity contribution in [2.24, 2.45) is 0 Å². The van der Waals surface area contributed by atoms with Gasteiger partial charge >= 0.3 is 0 Å². The SMILES string of the molecule is Cc1cc(/C=C2\SC(=O)N(CCOc3cccc4ccccc34)C2=O)c(C)n1-c1ccc2c(c1)OCCO2. The Labute approximate surface area is 224 Å². The Hall–Kier alpha value is -4.17. The molecule has 8 heteroatoms. The molecule has 0 unspecified atom stereocenters. The van der Waals surface area contributed by atoms with Gasteiger partial charge in [-0.1, -0.05) is 36.4 Å². The summed E-state index contributed by atoms with van der Waals surface area (Å²) in [5.41, 5.74) is 3.80. The molecular weight excluding hydrogens is 500 g/mol. The summed E-state index contributed by atoms with van der Waals surface area (Å²) in [5.74, 6) is 1.89. The molecule has 4 aromatic rings. The first-order valence-electron chi connectivity index (χ1n) is 12.4. The molecule has 1 aromatic heterocycles. The van der Waals surface area contributed by atoms with Crippen LogP contribution in [0.5, 0.6) is 17.2 Å². The zero-order chi connectivity index (χ0) is 26.2. The zero-order valence-corrected chi connectivity index (χ0v) is 21.9. The van der Waals surface area contributed by atoms with E-state index in [0.29, 0.717) is 18.1 Å². The van der Waals surface area contributed by atoms with Crippen LogP contribution in [0.1, 0.15) is 17.0 Å². The Morgan fingerprint density at radius 3 is 2.61 bits per heavy atom. The molecule has 1 fully saturated rings. The third-order valence-electron chi connectivity index (χ3n) is 6.74. The summed E-state index contributed by atoms with van der Waals surface area (Å²) in [6, 6.07) is 21.7. The van der Waals surface area contributed by atoms with E-state index in [-0.39, 0.29) is 24.3 Å². The number of benzene rings is 3. The van der Waals surface area contributed by atoms with Gasteiger partial charge in [0.1, 0.15) is 25.6 Å². The quantitative estimate of drug-likeness (QED) is 0.281. The Morgan fingerprint density at radius 1 is 0.947 bits per heavy atom. The number of rotatable bonds is 6. The molecule has 0 aliphatic carbocycles. The normalized spacial score (nSPS) is 16.1. The Kier molecular flexibility index (Phi) is 6.33. The van der Waals surface area contributed by atoms with Crippen molar-refractivity contribution in [3.63, 3.8) is 0 Å². The molecule has 0 atom stereocenters. The third kappa shape index (κ3) is 4.41. The molecule has 2 aliphatic heterocycles. The van der Waals surface area contributed by atoms with E-state index >= 15 is 0 Å². The highest BCUT2D eigenvalue weighted by Crippen LogP contribution is 2.36. The van der Waals surface area contributed by atoms with E-state index in [1.165, 1.54) is 4.90 Å². The van der Waals surface area contributed by atoms with Crippen molar-refractivity contribution in [3.8, 4) is 22.9 Å². The molecule has 0 bridgehead atoms. The number of hydrogen-bond donors (Lipinski definition) is 0. The van der Waals surface area contributed by atoms with Crippen LogP contribution in [0.25, 0.3) is 22.5 Å². The minimum atomic E-state index is -0.300. The topological polar surface area (TPSA) is 70.0 Å². The van der Waals surface area contributed by atoms with Crippen LogP contribution in [-0.2, 0) is 4.79 Å². The maximum atomic E-state index is 13.1. The van der Waals surface area contributed by atoms with Crippen LogP contribution in [0.4, 0.5) is 4.79 Å². The lowest BCUT2D eigenvalue weighted by Crippen LogP contribution is -2.32. The average molecular weight is 527 g/mol. The summed E-state index contributed by atoms with van der Waals surface area (Å²) < 4.78 is 19.5. The Bertz CT molecular complexity index is 1600. The highest BCUT2D eigenvalue weighted by Gasteiger charge is 2.35. The lowest BCUT2D eigenvalue weighted by Gasteiger charge is -2.20. The molecule has 6 rings (SSSR count). The molecule has 2 aliphatic rings. The number of fused-ring (bicyclic) bond motifs is 2. The predicted molar refractivity (Wildman–Crippen MR) is 148 cm³/mol. The fraction of sp³-hybridized carbons (Fsp3) is 0.200. The van der Waals surface area contributed by atoms with Crippen molar-refractivity contribution in [2.75, 3.05) is 26.4 Å². The molecule has 192 valence electrons. The third-order valence-corrected chi connectivity index (χ3v) is 7.64. The van der Waals surface area contributed by atoms with Gasteiger partial charge in [-0.25, -0.2) is 0 Å². The second-order valence-electron chi connectivity index (χ2n) is 9.15.